The maximum Gasteiger partial charge on any atom is 0.220 e. The number of nitrogens with zero attached hydrogens (tertiary/aromatic N) is 5. The van der Waals surface area contributed by atoms with Crippen LogP contribution >= 0.6 is 0 Å². The van der Waals surface area contributed by atoms with Crippen molar-refractivity contribution in [2.75, 3.05) is 0 Å². The van der Waals surface area contributed by atoms with Crippen molar-refractivity contribution in [3.8, 4) is 28.2 Å². The van der Waals surface area contributed by atoms with Gasteiger partial charge in [-0.15, -0.1) is 0 Å². The van der Waals surface area contributed by atoms with Gasteiger partial charge in [-0.3, -0.25) is 14.0 Å². The number of hydrogen-bond donors (Lipinski definition) is 0. The molecule has 4 heterocycles. The van der Waals surface area contributed by atoms with Gasteiger partial charge in [-0.25, -0.2) is 9.97 Å². The van der Waals surface area contributed by atoms with Crippen LogP contribution in [0, 0.1) is 13.8 Å². The summed E-state index contributed by atoms with van der Waals surface area (Å²) in [6, 6.07) is 32.3. The van der Waals surface area contributed by atoms with Crippen molar-refractivity contribution >= 4 is 27.8 Å². The van der Waals surface area contributed by atoms with Gasteiger partial charge in [-0.1, -0.05) is 54.6 Å². The lowest BCUT2D eigenvalue weighted by Crippen LogP contribution is -1.96. The van der Waals surface area contributed by atoms with E-state index in [-0.39, 0.29) is 5.69 Å². The first-order valence-corrected chi connectivity index (χ1v) is 11.8. The molecule has 172 valence electrons. The molecule has 4 aromatic heterocycles. The monoisotopic (exact) mass is 468 g/mol. The third-order valence-corrected chi connectivity index (χ3v) is 6.55. The van der Waals surface area contributed by atoms with Crippen LogP contribution in [0.1, 0.15) is 15.4 Å². The second kappa shape index (κ2) is 7.89. The Kier molecular flexibility index (Phi) is 3.86. The summed E-state index contributed by atoms with van der Waals surface area (Å²) in [6.45, 7) is -0.245. The van der Waals surface area contributed by atoms with Gasteiger partial charge in [-0.05, 0) is 61.8 Å². The van der Waals surface area contributed by atoms with Crippen LogP contribution in [0.2, 0.25) is 0 Å². The summed E-state index contributed by atoms with van der Waals surface area (Å²) in [6.07, 6.45) is 1.61. The van der Waals surface area contributed by atoms with E-state index in [9.17, 15) is 0 Å². The van der Waals surface area contributed by atoms with Gasteiger partial charge < -0.3 is 0 Å². The van der Waals surface area contributed by atoms with E-state index in [0.717, 1.165) is 50.3 Å². The number of pyridine rings is 2. The Morgan fingerprint density at radius 3 is 2.36 bits per heavy atom. The molecule has 0 radical (unpaired) electrons. The first-order chi connectivity index (χ1) is 18.9. The van der Waals surface area contributed by atoms with Crippen molar-refractivity contribution in [1.29, 1.82) is 0 Å². The van der Waals surface area contributed by atoms with Crippen LogP contribution in [0.4, 0.5) is 0 Å². The van der Waals surface area contributed by atoms with Crippen LogP contribution in [0.5, 0.6) is 0 Å². The highest BCUT2D eigenvalue weighted by Gasteiger charge is 2.18. The second-order valence-electron chi connectivity index (χ2n) is 8.96. The molecule has 0 unspecified atom stereocenters. The molecule has 0 N–H and O–H groups in total. The normalized spacial score (nSPS) is 13.2. The van der Waals surface area contributed by atoms with Gasteiger partial charge in [-0.2, -0.15) is 0 Å². The Morgan fingerprint density at radius 1 is 0.694 bits per heavy atom. The highest BCUT2D eigenvalue weighted by Crippen LogP contribution is 2.31. The van der Waals surface area contributed by atoms with Crippen molar-refractivity contribution in [2.45, 2.75) is 13.8 Å². The molecule has 0 bridgehead atoms. The molecule has 3 aromatic carbocycles. The van der Waals surface area contributed by atoms with Crippen LogP contribution in [-0.2, 0) is 0 Å². The van der Waals surface area contributed by atoms with Crippen molar-refractivity contribution < 1.29 is 4.11 Å². The molecule has 0 spiro atoms. The minimum absolute atomic E-state index is 0.0363. The van der Waals surface area contributed by atoms with Gasteiger partial charge in [0.1, 0.15) is 0 Å². The van der Waals surface area contributed by atoms with E-state index < -0.39 is 6.85 Å². The third-order valence-electron chi connectivity index (χ3n) is 6.55. The minimum atomic E-state index is -2.30. The molecule has 0 aliphatic carbocycles. The van der Waals surface area contributed by atoms with Gasteiger partial charge in [0.05, 0.1) is 39.7 Å². The quantitative estimate of drug-likeness (QED) is 0.276. The van der Waals surface area contributed by atoms with E-state index in [0.29, 0.717) is 11.3 Å². The highest BCUT2D eigenvalue weighted by atomic mass is 15.2. The highest BCUT2D eigenvalue weighted by molar-refractivity contribution is 5.92. The van der Waals surface area contributed by atoms with Crippen molar-refractivity contribution in [3.05, 3.63) is 115 Å². The van der Waals surface area contributed by atoms with Crippen molar-refractivity contribution in [1.82, 2.24) is 23.9 Å². The summed E-state index contributed by atoms with van der Waals surface area (Å²) in [5.41, 5.74) is 9.26. The molecule has 0 atom stereocenters. The molecule has 36 heavy (non-hydrogen) atoms. The second-order valence-corrected chi connectivity index (χ2v) is 8.96. The number of aryl methyl sites for hydroxylation is 2. The summed E-state index contributed by atoms with van der Waals surface area (Å²) < 4.78 is 27.5. The minimum Gasteiger partial charge on any atom is -0.278 e. The van der Waals surface area contributed by atoms with Crippen LogP contribution in [0.25, 0.3) is 56.0 Å². The van der Waals surface area contributed by atoms with Gasteiger partial charge >= 0.3 is 0 Å². The standard InChI is InChI=1S/C31H23N5/c1-20-14-15-28-29(16-20)36-30-19-32-21(2)17-27(30)34-31(36)35(28)24-11-6-10-23(18-24)26-13-7-12-25(33-26)22-8-4-3-5-9-22/h3-19H,1-2H3/i2D3. The summed E-state index contributed by atoms with van der Waals surface area (Å²) in [5, 5.41) is 0. The van der Waals surface area contributed by atoms with Gasteiger partial charge in [0.15, 0.2) is 0 Å². The Hall–Kier alpha value is -4.77. The first-order valence-electron chi connectivity index (χ1n) is 13.3. The molecule has 5 nitrogen and oxygen atoms in total. The third kappa shape index (κ3) is 3.21. The number of aromatic nitrogens is 5. The average Bonchev–Trinajstić information content (AvgIpc) is 3.47. The fourth-order valence-electron chi connectivity index (χ4n) is 4.89. The smallest absolute Gasteiger partial charge is 0.220 e. The Morgan fingerprint density at radius 2 is 1.50 bits per heavy atom. The molecular formula is C31H23N5. The van der Waals surface area contributed by atoms with Crippen LogP contribution in [-0.4, -0.2) is 23.9 Å². The van der Waals surface area contributed by atoms with E-state index in [1.54, 1.807) is 12.3 Å². The van der Waals surface area contributed by atoms with Crippen molar-refractivity contribution in [2.24, 2.45) is 0 Å². The largest absolute Gasteiger partial charge is 0.278 e. The number of fused-ring (bicyclic) bond motifs is 5. The van der Waals surface area contributed by atoms with Crippen LogP contribution < -0.4 is 0 Å². The summed E-state index contributed by atoms with van der Waals surface area (Å²) >= 11 is 0. The summed E-state index contributed by atoms with van der Waals surface area (Å²) in [4.78, 5) is 14.1. The maximum atomic E-state index is 7.78. The van der Waals surface area contributed by atoms with Crippen LogP contribution in [0.15, 0.2) is 103 Å². The fraction of sp³-hybridized carbons (Fsp3) is 0.0645. The SMILES string of the molecule is [2H]C([2H])([2H])c1cc2nc3n(-c4cccc(-c5cccc(-c6ccccc6)n5)c4)c4ccc(C)cc4n3c2cn1. The molecule has 5 heteroatoms. The predicted octanol–water partition coefficient (Wildman–Crippen LogP) is 7.17. The zero-order valence-corrected chi connectivity index (χ0v) is 19.6. The van der Waals surface area contributed by atoms with E-state index >= 15 is 0 Å². The van der Waals surface area contributed by atoms with Gasteiger partial charge in [0.2, 0.25) is 5.78 Å². The van der Waals surface area contributed by atoms with E-state index in [4.69, 9.17) is 14.1 Å². The predicted molar refractivity (Wildman–Crippen MR) is 145 cm³/mol. The molecule has 7 rings (SSSR count). The van der Waals surface area contributed by atoms with Crippen LogP contribution in [0.3, 0.4) is 0 Å². The molecule has 0 fully saturated rings. The molecule has 0 saturated carbocycles. The zero-order valence-electron chi connectivity index (χ0n) is 22.6. The lowest BCUT2D eigenvalue weighted by molar-refractivity contribution is 1.11. The molecule has 7 aromatic rings. The zero-order chi connectivity index (χ0) is 26.7. The lowest BCUT2D eigenvalue weighted by atomic mass is 10.1. The van der Waals surface area contributed by atoms with E-state index in [1.807, 2.05) is 42.5 Å². The fourth-order valence-corrected chi connectivity index (χ4v) is 4.89. The first kappa shape index (κ1) is 17.6. The summed E-state index contributed by atoms with van der Waals surface area (Å²) in [7, 11) is 0. The lowest BCUT2D eigenvalue weighted by Gasteiger charge is -2.09. The number of benzene rings is 3. The topological polar surface area (TPSA) is 48.0 Å². The molecular weight excluding hydrogens is 442 g/mol. The molecule has 0 aliphatic rings. The average molecular weight is 469 g/mol. The Bertz CT molecular complexity index is 2020. The Balaban J connectivity index is 1.44. The Labute approximate surface area is 212 Å². The maximum absolute atomic E-state index is 7.78. The number of imidazole rings is 2. The summed E-state index contributed by atoms with van der Waals surface area (Å²) in [5.74, 6) is 0.693. The molecule has 0 aliphatic heterocycles. The molecule has 0 amide bonds. The van der Waals surface area contributed by atoms with Gasteiger partial charge in [0, 0.05) is 26.6 Å². The molecule has 0 saturated heterocycles. The van der Waals surface area contributed by atoms with Gasteiger partial charge in [0.25, 0.3) is 0 Å². The van der Waals surface area contributed by atoms with E-state index in [2.05, 4.69) is 69.4 Å². The van der Waals surface area contributed by atoms with Crippen molar-refractivity contribution in [3.63, 3.8) is 0 Å². The number of hydrogen-bond acceptors (Lipinski definition) is 3. The van der Waals surface area contributed by atoms with E-state index in [1.165, 1.54) is 0 Å². The number of rotatable bonds is 3.